The van der Waals surface area contributed by atoms with Gasteiger partial charge in [-0.2, -0.15) is 0 Å². The van der Waals surface area contributed by atoms with Crippen molar-refractivity contribution in [3.8, 4) is 0 Å². The van der Waals surface area contributed by atoms with Gasteiger partial charge in [-0.25, -0.2) is 4.79 Å². The summed E-state index contributed by atoms with van der Waals surface area (Å²) in [6, 6.07) is 0. The Kier molecular flexibility index (Phi) is 4.72. The molecule has 0 bridgehead atoms. The van der Waals surface area contributed by atoms with Gasteiger partial charge in [0, 0.05) is 0 Å². The van der Waals surface area contributed by atoms with E-state index in [4.69, 9.17) is 4.74 Å². The highest BCUT2D eigenvalue weighted by Gasteiger charge is 2.08. The van der Waals surface area contributed by atoms with Gasteiger partial charge in [0.05, 0.1) is 0 Å². The second-order valence-electron chi connectivity index (χ2n) is 1.95. The summed E-state index contributed by atoms with van der Waals surface area (Å²) in [6.45, 7) is 3.90. The summed E-state index contributed by atoms with van der Waals surface area (Å²) in [5.41, 5.74) is 0. The van der Waals surface area contributed by atoms with Crippen LogP contribution in [0.5, 0.6) is 0 Å². The summed E-state index contributed by atoms with van der Waals surface area (Å²) < 4.78 is 8.85. The van der Waals surface area contributed by atoms with Gasteiger partial charge in [-0.1, -0.05) is 13.8 Å². The van der Waals surface area contributed by atoms with Crippen LogP contribution in [-0.2, 0) is 9.47 Å². The topological polar surface area (TPSA) is 35.5 Å². The molecule has 0 aromatic carbocycles. The summed E-state index contributed by atoms with van der Waals surface area (Å²) in [6.07, 6.45) is 0.889. The third-order valence-electron chi connectivity index (χ3n) is 1.29. The molecule has 0 unspecified atom stereocenters. The number of hydrogen-bond donors (Lipinski definition) is 0. The molecule has 10 heavy (non-hydrogen) atoms. The van der Waals surface area contributed by atoms with Gasteiger partial charge in [0.1, 0.15) is 13.2 Å². The van der Waals surface area contributed by atoms with Crippen LogP contribution in [0.4, 0.5) is 4.79 Å². The van der Waals surface area contributed by atoms with Crippen molar-refractivity contribution in [2.24, 2.45) is 0 Å². The lowest BCUT2D eigenvalue weighted by Gasteiger charge is -2.11. The van der Waals surface area contributed by atoms with Gasteiger partial charge >= 0.3 is 6.16 Å². The molecule has 0 aromatic rings. The number of rotatable bonds is 3. The van der Waals surface area contributed by atoms with Gasteiger partial charge in [-0.3, -0.25) is 0 Å². The fourth-order valence-corrected chi connectivity index (χ4v) is 0.625. The van der Waals surface area contributed by atoms with Gasteiger partial charge in [0.15, 0.2) is 0 Å². The molecular formula is C7H13O3. The highest BCUT2D eigenvalue weighted by molar-refractivity contribution is 5.60. The van der Waals surface area contributed by atoms with Crippen LogP contribution in [0.25, 0.3) is 0 Å². The monoisotopic (exact) mass is 145 g/mol. The Morgan fingerprint density at radius 3 is 2.30 bits per heavy atom. The predicted octanol–water partition coefficient (Wildman–Crippen LogP) is 2.12. The molecule has 0 aliphatic rings. The van der Waals surface area contributed by atoms with E-state index < -0.39 is 6.16 Å². The standard InChI is InChI=1S/C7H13O3/c1-4-6(5-2)10-7(8)9-3/h6H,3-5H2,1-2H3. The van der Waals surface area contributed by atoms with Gasteiger partial charge in [0.2, 0.25) is 0 Å². The third-order valence-corrected chi connectivity index (χ3v) is 1.29. The average molecular weight is 145 g/mol. The normalized spacial score (nSPS) is 9.60. The van der Waals surface area contributed by atoms with E-state index in [9.17, 15) is 4.79 Å². The molecule has 0 saturated carbocycles. The molecule has 0 rings (SSSR count). The van der Waals surface area contributed by atoms with Crippen LogP contribution in [0.1, 0.15) is 26.7 Å². The molecule has 3 nitrogen and oxygen atoms in total. The maximum atomic E-state index is 10.4. The Labute approximate surface area is 61.3 Å². The lowest BCUT2D eigenvalue weighted by molar-refractivity contribution is 0.0421. The fraction of sp³-hybridized carbons (Fsp3) is 0.714. The summed E-state index contributed by atoms with van der Waals surface area (Å²) in [7, 11) is 2.93. The minimum absolute atomic E-state index is 0.0331. The molecule has 1 radical (unpaired) electrons. The van der Waals surface area contributed by atoms with Crippen molar-refractivity contribution in [2.75, 3.05) is 0 Å². The van der Waals surface area contributed by atoms with Crippen molar-refractivity contribution < 1.29 is 14.3 Å². The largest absolute Gasteiger partial charge is 0.508 e. The van der Waals surface area contributed by atoms with E-state index in [1.807, 2.05) is 13.8 Å². The molecule has 0 spiro atoms. The van der Waals surface area contributed by atoms with Crippen molar-refractivity contribution in [3.63, 3.8) is 0 Å². The van der Waals surface area contributed by atoms with Crippen LogP contribution in [0, 0.1) is 7.11 Å². The van der Waals surface area contributed by atoms with E-state index in [0.29, 0.717) is 0 Å². The number of ether oxygens (including phenoxy) is 2. The number of carbonyl (C=O) groups excluding carboxylic acids is 1. The minimum Gasteiger partial charge on any atom is -0.431 e. The molecule has 0 N–H and O–H groups in total. The fourth-order valence-electron chi connectivity index (χ4n) is 0.625. The molecule has 0 fully saturated rings. The van der Waals surface area contributed by atoms with Crippen molar-refractivity contribution in [2.45, 2.75) is 32.8 Å². The smallest absolute Gasteiger partial charge is 0.431 e. The predicted molar refractivity (Wildman–Crippen MR) is 37.3 cm³/mol. The van der Waals surface area contributed by atoms with Crippen molar-refractivity contribution in [1.82, 2.24) is 0 Å². The molecule has 0 aliphatic carbocycles. The van der Waals surface area contributed by atoms with Gasteiger partial charge < -0.3 is 9.47 Å². The van der Waals surface area contributed by atoms with Gasteiger partial charge in [0.25, 0.3) is 0 Å². The molecule has 0 atom stereocenters. The summed E-state index contributed by atoms with van der Waals surface area (Å²) in [5.74, 6) is 0. The molecule has 0 aliphatic heterocycles. The van der Waals surface area contributed by atoms with Crippen LogP contribution in [-0.4, -0.2) is 12.3 Å². The van der Waals surface area contributed by atoms with Gasteiger partial charge in [-0.15, -0.1) is 0 Å². The zero-order valence-electron chi connectivity index (χ0n) is 6.42. The molecule has 59 valence electrons. The highest BCUT2D eigenvalue weighted by atomic mass is 16.7. The Morgan fingerprint density at radius 2 is 2.00 bits per heavy atom. The Bertz CT molecular complexity index is 97.0. The molecule has 0 amide bonds. The quantitative estimate of drug-likeness (QED) is 0.570. The zero-order valence-corrected chi connectivity index (χ0v) is 6.42. The molecular weight excluding hydrogens is 132 g/mol. The van der Waals surface area contributed by atoms with E-state index in [1.165, 1.54) is 0 Å². The Balaban J connectivity index is 3.52. The molecule has 0 saturated heterocycles. The minimum atomic E-state index is -0.700. The lowest BCUT2D eigenvalue weighted by Crippen LogP contribution is -2.15. The summed E-state index contributed by atoms with van der Waals surface area (Å²) in [5, 5.41) is 0. The van der Waals surface area contributed by atoms with E-state index in [2.05, 4.69) is 11.8 Å². The maximum absolute atomic E-state index is 10.4. The van der Waals surface area contributed by atoms with Crippen molar-refractivity contribution >= 4 is 6.16 Å². The van der Waals surface area contributed by atoms with Crippen molar-refractivity contribution in [1.29, 1.82) is 0 Å². The first-order valence-electron chi connectivity index (χ1n) is 3.37. The maximum Gasteiger partial charge on any atom is 0.508 e. The van der Waals surface area contributed by atoms with Crippen LogP contribution < -0.4 is 0 Å². The first-order valence-corrected chi connectivity index (χ1v) is 3.37. The molecule has 0 heterocycles. The molecule has 0 aromatic heterocycles. The van der Waals surface area contributed by atoms with Crippen LogP contribution >= 0.6 is 0 Å². The highest BCUT2D eigenvalue weighted by Crippen LogP contribution is 2.03. The summed E-state index contributed by atoms with van der Waals surface area (Å²) >= 11 is 0. The lowest BCUT2D eigenvalue weighted by atomic mass is 10.2. The average Bonchev–Trinajstić information content (AvgIpc) is 1.99. The first-order chi connectivity index (χ1) is 4.74. The number of carbonyl (C=O) groups is 1. The van der Waals surface area contributed by atoms with E-state index >= 15 is 0 Å². The van der Waals surface area contributed by atoms with Crippen molar-refractivity contribution in [3.05, 3.63) is 7.11 Å². The Morgan fingerprint density at radius 1 is 1.50 bits per heavy atom. The first kappa shape index (κ1) is 9.27. The van der Waals surface area contributed by atoms with E-state index in [-0.39, 0.29) is 6.10 Å². The number of hydrogen-bond acceptors (Lipinski definition) is 3. The van der Waals surface area contributed by atoms with Crippen LogP contribution in [0.2, 0.25) is 0 Å². The van der Waals surface area contributed by atoms with E-state index in [0.717, 1.165) is 12.8 Å². The van der Waals surface area contributed by atoms with Crippen LogP contribution in [0.15, 0.2) is 0 Å². The third kappa shape index (κ3) is 3.33. The molecule has 3 heteroatoms. The second-order valence-corrected chi connectivity index (χ2v) is 1.95. The van der Waals surface area contributed by atoms with E-state index in [1.54, 1.807) is 0 Å². The Hall–Kier alpha value is -0.730. The second kappa shape index (κ2) is 5.09. The SMILES string of the molecule is [CH2]OC(=O)OC(CC)CC. The van der Waals surface area contributed by atoms with Crippen LogP contribution in [0.3, 0.4) is 0 Å². The van der Waals surface area contributed by atoms with Gasteiger partial charge in [-0.05, 0) is 12.8 Å². The zero-order chi connectivity index (χ0) is 7.98. The summed E-state index contributed by atoms with van der Waals surface area (Å²) in [4.78, 5) is 10.4.